The molecule has 3 nitrogen and oxygen atoms in total. The summed E-state index contributed by atoms with van der Waals surface area (Å²) in [6.45, 7) is 5.40. The second-order valence-electron chi connectivity index (χ2n) is 5.32. The van der Waals surface area contributed by atoms with Crippen molar-refractivity contribution in [3.63, 3.8) is 0 Å². The summed E-state index contributed by atoms with van der Waals surface area (Å²) in [5.41, 5.74) is 8.39. The molecule has 106 valence electrons. The maximum atomic E-state index is 5.86. The smallest absolute Gasteiger partial charge is 0.0670 e. The van der Waals surface area contributed by atoms with Crippen LogP contribution in [0.15, 0.2) is 36.4 Å². The highest BCUT2D eigenvalue weighted by atomic mass is 16.5. The topological polar surface area (TPSA) is 38.5 Å². The quantitative estimate of drug-likeness (QED) is 0.932. The number of morpholine rings is 1. The lowest BCUT2D eigenvalue weighted by Crippen LogP contribution is -2.45. The largest absolute Gasteiger partial charge is 0.377 e. The van der Waals surface area contributed by atoms with Crippen LogP contribution in [0, 0.1) is 0 Å². The van der Waals surface area contributed by atoms with Gasteiger partial charge in [-0.2, -0.15) is 0 Å². The van der Waals surface area contributed by atoms with Crippen LogP contribution in [0.25, 0.3) is 10.8 Å². The highest BCUT2D eigenvalue weighted by Gasteiger charge is 2.23. The molecule has 20 heavy (non-hydrogen) atoms. The van der Waals surface area contributed by atoms with Crippen molar-refractivity contribution < 1.29 is 4.74 Å². The second-order valence-corrected chi connectivity index (χ2v) is 5.32. The zero-order chi connectivity index (χ0) is 13.9. The van der Waals surface area contributed by atoms with E-state index in [1.807, 2.05) is 0 Å². The van der Waals surface area contributed by atoms with E-state index in [4.69, 9.17) is 10.5 Å². The summed E-state index contributed by atoms with van der Waals surface area (Å²) in [5, 5.41) is 2.57. The Kier molecular flexibility index (Phi) is 3.90. The third-order valence-corrected chi connectivity index (χ3v) is 4.22. The van der Waals surface area contributed by atoms with Gasteiger partial charge in [0.2, 0.25) is 0 Å². The predicted molar refractivity (Wildman–Crippen MR) is 84.1 cm³/mol. The molecule has 2 N–H and O–H groups in total. The zero-order valence-electron chi connectivity index (χ0n) is 12.0. The van der Waals surface area contributed by atoms with Gasteiger partial charge in [-0.25, -0.2) is 0 Å². The van der Waals surface area contributed by atoms with Crippen molar-refractivity contribution in [3.05, 3.63) is 42.0 Å². The highest BCUT2D eigenvalue weighted by Crippen LogP contribution is 2.32. The Bertz CT molecular complexity index is 597. The molecular weight excluding hydrogens is 248 g/mol. The number of ether oxygens (including phenoxy) is 1. The summed E-state index contributed by atoms with van der Waals surface area (Å²) in [6, 6.07) is 13.4. The van der Waals surface area contributed by atoms with Crippen molar-refractivity contribution in [1.29, 1.82) is 0 Å². The van der Waals surface area contributed by atoms with Gasteiger partial charge in [0.05, 0.1) is 19.3 Å². The van der Waals surface area contributed by atoms with Gasteiger partial charge in [-0.15, -0.1) is 0 Å². The maximum absolute atomic E-state index is 5.86. The first kappa shape index (κ1) is 13.4. The van der Waals surface area contributed by atoms with Gasteiger partial charge in [-0.3, -0.25) is 0 Å². The van der Waals surface area contributed by atoms with Gasteiger partial charge in [-0.1, -0.05) is 37.3 Å². The maximum Gasteiger partial charge on any atom is 0.0670 e. The van der Waals surface area contributed by atoms with E-state index in [0.717, 1.165) is 26.2 Å². The molecule has 3 rings (SSSR count). The normalized spacial score (nSPS) is 19.5. The fourth-order valence-corrected chi connectivity index (χ4v) is 3.08. The van der Waals surface area contributed by atoms with Crippen molar-refractivity contribution in [2.75, 3.05) is 24.7 Å². The molecule has 1 fully saturated rings. The van der Waals surface area contributed by atoms with Crippen LogP contribution in [-0.2, 0) is 11.3 Å². The predicted octanol–water partition coefficient (Wildman–Crippen LogP) is 2.91. The molecule has 0 saturated carbocycles. The monoisotopic (exact) mass is 270 g/mol. The summed E-state index contributed by atoms with van der Waals surface area (Å²) < 4.78 is 5.62. The first-order chi connectivity index (χ1) is 9.85. The Morgan fingerprint density at radius 1 is 1.20 bits per heavy atom. The van der Waals surface area contributed by atoms with E-state index in [9.17, 15) is 0 Å². The lowest BCUT2D eigenvalue weighted by atomic mass is 10.0. The first-order valence-electron chi connectivity index (χ1n) is 7.40. The lowest BCUT2D eigenvalue weighted by molar-refractivity contribution is 0.0931. The Labute approximate surface area is 120 Å². The van der Waals surface area contributed by atoms with Crippen LogP contribution in [0.2, 0.25) is 0 Å². The van der Waals surface area contributed by atoms with Crippen LogP contribution in [0.5, 0.6) is 0 Å². The fourth-order valence-electron chi connectivity index (χ4n) is 3.08. The van der Waals surface area contributed by atoms with Gasteiger partial charge in [-0.05, 0) is 23.4 Å². The minimum absolute atomic E-state index is 0.468. The molecule has 2 aromatic rings. The number of nitrogens with two attached hydrogens (primary N) is 1. The molecule has 0 bridgehead atoms. The van der Waals surface area contributed by atoms with E-state index in [-0.39, 0.29) is 0 Å². The van der Waals surface area contributed by atoms with Gasteiger partial charge >= 0.3 is 0 Å². The van der Waals surface area contributed by atoms with Crippen LogP contribution < -0.4 is 10.6 Å². The second kappa shape index (κ2) is 5.81. The number of rotatable bonds is 3. The molecule has 1 saturated heterocycles. The van der Waals surface area contributed by atoms with Gasteiger partial charge in [0.25, 0.3) is 0 Å². The summed E-state index contributed by atoms with van der Waals surface area (Å²) in [5.74, 6) is 0. The molecule has 1 heterocycles. The van der Waals surface area contributed by atoms with Crippen molar-refractivity contribution in [1.82, 2.24) is 0 Å². The number of hydrogen-bond donors (Lipinski definition) is 1. The van der Waals surface area contributed by atoms with Gasteiger partial charge in [0, 0.05) is 24.2 Å². The van der Waals surface area contributed by atoms with Crippen molar-refractivity contribution in [3.8, 4) is 0 Å². The van der Waals surface area contributed by atoms with Gasteiger partial charge in [0.15, 0.2) is 0 Å². The Morgan fingerprint density at radius 3 is 2.75 bits per heavy atom. The van der Waals surface area contributed by atoms with E-state index in [2.05, 4.69) is 48.2 Å². The molecule has 1 aliphatic rings. The SMILES string of the molecule is CCC1COCCN1c1ccc(CN)c2ccccc12. The highest BCUT2D eigenvalue weighted by molar-refractivity contribution is 5.96. The number of benzene rings is 2. The fraction of sp³-hybridized carbons (Fsp3) is 0.412. The number of nitrogens with zero attached hydrogens (tertiary/aromatic N) is 1. The van der Waals surface area contributed by atoms with Crippen LogP contribution in [0.3, 0.4) is 0 Å². The van der Waals surface area contributed by atoms with Crippen molar-refractivity contribution >= 4 is 16.5 Å². The van der Waals surface area contributed by atoms with Crippen LogP contribution in [0.4, 0.5) is 5.69 Å². The van der Waals surface area contributed by atoms with E-state index >= 15 is 0 Å². The minimum atomic E-state index is 0.468. The lowest BCUT2D eigenvalue weighted by Gasteiger charge is -2.37. The van der Waals surface area contributed by atoms with E-state index in [1.165, 1.54) is 22.0 Å². The van der Waals surface area contributed by atoms with E-state index in [0.29, 0.717) is 12.6 Å². The zero-order valence-corrected chi connectivity index (χ0v) is 12.0. The van der Waals surface area contributed by atoms with Crippen molar-refractivity contribution in [2.24, 2.45) is 5.73 Å². The molecule has 1 aliphatic heterocycles. The summed E-state index contributed by atoms with van der Waals surface area (Å²) >= 11 is 0. The summed E-state index contributed by atoms with van der Waals surface area (Å²) in [7, 11) is 0. The van der Waals surface area contributed by atoms with E-state index in [1.54, 1.807) is 0 Å². The van der Waals surface area contributed by atoms with Crippen LogP contribution >= 0.6 is 0 Å². The molecular formula is C17H22N2O. The molecule has 0 radical (unpaired) electrons. The summed E-state index contributed by atoms with van der Waals surface area (Å²) in [4.78, 5) is 2.49. The Hall–Kier alpha value is -1.58. The van der Waals surface area contributed by atoms with E-state index < -0.39 is 0 Å². The molecule has 2 aromatic carbocycles. The van der Waals surface area contributed by atoms with Gasteiger partial charge in [0.1, 0.15) is 0 Å². The molecule has 0 amide bonds. The van der Waals surface area contributed by atoms with Crippen LogP contribution in [-0.4, -0.2) is 25.8 Å². The Morgan fingerprint density at radius 2 is 2.00 bits per heavy atom. The third kappa shape index (κ3) is 2.28. The minimum Gasteiger partial charge on any atom is -0.377 e. The van der Waals surface area contributed by atoms with Gasteiger partial charge < -0.3 is 15.4 Å². The molecule has 0 aliphatic carbocycles. The first-order valence-corrected chi connectivity index (χ1v) is 7.40. The third-order valence-electron chi connectivity index (χ3n) is 4.22. The molecule has 1 unspecified atom stereocenters. The number of hydrogen-bond acceptors (Lipinski definition) is 3. The summed E-state index contributed by atoms with van der Waals surface area (Å²) in [6.07, 6.45) is 1.10. The molecule has 0 spiro atoms. The average Bonchev–Trinajstić information content (AvgIpc) is 2.53. The van der Waals surface area contributed by atoms with Crippen molar-refractivity contribution in [2.45, 2.75) is 25.9 Å². The standard InChI is InChI=1S/C17H22N2O/c1-2-14-12-20-10-9-19(14)17-8-7-13(11-18)15-5-3-4-6-16(15)17/h3-8,14H,2,9-12,18H2,1H3. The molecule has 1 atom stereocenters. The number of anilines is 1. The number of fused-ring (bicyclic) bond motifs is 1. The Balaban J connectivity index is 2.11. The average molecular weight is 270 g/mol. The molecule has 0 aromatic heterocycles. The molecule has 3 heteroatoms. The van der Waals surface area contributed by atoms with Crippen LogP contribution in [0.1, 0.15) is 18.9 Å².